The summed E-state index contributed by atoms with van der Waals surface area (Å²) in [4.78, 5) is 13.5. The number of aliphatic hydroxyl groups is 1. The Hall–Kier alpha value is -1.22. The molecule has 138 valence electrons. The van der Waals surface area contributed by atoms with Gasteiger partial charge in [0.25, 0.3) is 0 Å². The molecule has 0 spiro atoms. The zero-order chi connectivity index (χ0) is 18.2. The van der Waals surface area contributed by atoms with Crippen molar-refractivity contribution in [3.63, 3.8) is 0 Å². The van der Waals surface area contributed by atoms with Crippen molar-refractivity contribution in [2.24, 2.45) is 0 Å². The minimum absolute atomic E-state index is 0.198. The van der Waals surface area contributed by atoms with E-state index in [1.54, 1.807) is 12.4 Å². The van der Waals surface area contributed by atoms with E-state index in [2.05, 4.69) is 26.7 Å². The number of aromatic nitrogens is 2. The summed E-state index contributed by atoms with van der Waals surface area (Å²) in [6.45, 7) is 13.9. The highest BCUT2D eigenvalue weighted by Gasteiger charge is 2.52. The normalized spacial score (nSPS) is 26.2. The molecule has 0 radical (unpaired) electrons. The van der Waals surface area contributed by atoms with Gasteiger partial charge in [0, 0.05) is 50.1 Å². The van der Waals surface area contributed by atoms with Gasteiger partial charge in [-0.3, -0.25) is 4.90 Å². The zero-order valence-electron chi connectivity index (χ0n) is 15.9. The number of anilines is 1. The molecule has 8 heteroatoms. The van der Waals surface area contributed by atoms with Gasteiger partial charge in [-0.1, -0.05) is 0 Å². The van der Waals surface area contributed by atoms with Crippen molar-refractivity contribution in [1.29, 1.82) is 0 Å². The molecule has 2 aliphatic heterocycles. The lowest BCUT2D eigenvalue weighted by molar-refractivity contribution is 0.00578. The van der Waals surface area contributed by atoms with Gasteiger partial charge in [0.15, 0.2) is 0 Å². The number of rotatable bonds is 4. The molecule has 25 heavy (non-hydrogen) atoms. The minimum Gasteiger partial charge on any atom is -0.399 e. The third-order valence-electron chi connectivity index (χ3n) is 5.62. The van der Waals surface area contributed by atoms with Crippen LogP contribution in [0.5, 0.6) is 0 Å². The molecule has 1 unspecified atom stereocenters. The number of aliphatic hydroxyl groups excluding tert-OH is 1. The van der Waals surface area contributed by atoms with Gasteiger partial charge >= 0.3 is 7.12 Å². The third-order valence-corrected chi connectivity index (χ3v) is 5.62. The summed E-state index contributed by atoms with van der Waals surface area (Å²) < 4.78 is 12.1. The molecular weight excluding hydrogens is 319 g/mol. The van der Waals surface area contributed by atoms with Crippen molar-refractivity contribution in [2.45, 2.75) is 51.9 Å². The van der Waals surface area contributed by atoms with Gasteiger partial charge < -0.3 is 19.3 Å². The Bertz CT molecular complexity index is 580. The molecule has 0 bridgehead atoms. The maximum atomic E-state index is 9.12. The summed E-state index contributed by atoms with van der Waals surface area (Å²) in [6, 6.07) is 0.368. The minimum atomic E-state index is -0.431. The van der Waals surface area contributed by atoms with Gasteiger partial charge in [-0.05, 0) is 34.6 Å². The molecule has 3 rings (SSSR count). The van der Waals surface area contributed by atoms with Crippen LogP contribution in [0.25, 0.3) is 0 Å². The van der Waals surface area contributed by atoms with E-state index in [0.717, 1.165) is 37.6 Å². The molecule has 1 atom stereocenters. The van der Waals surface area contributed by atoms with Crippen LogP contribution in [0.15, 0.2) is 12.4 Å². The van der Waals surface area contributed by atoms with Gasteiger partial charge in [0.2, 0.25) is 5.95 Å². The van der Waals surface area contributed by atoms with Crippen LogP contribution in [0, 0.1) is 0 Å². The Morgan fingerprint density at radius 3 is 2.28 bits per heavy atom. The van der Waals surface area contributed by atoms with Gasteiger partial charge in [-0.25, -0.2) is 9.97 Å². The first kappa shape index (κ1) is 18.6. The Balaban J connectivity index is 1.66. The standard InChI is InChI=1S/C17H29BN4O3/c1-13-12-22(7-6-21(13)8-9-23)15-19-10-14(11-20-15)18-24-16(2,3)17(4,5)25-18/h10-11,13,23H,6-9,12H2,1-5H3. The van der Waals surface area contributed by atoms with Gasteiger partial charge in [0.05, 0.1) is 17.8 Å². The van der Waals surface area contributed by atoms with E-state index in [9.17, 15) is 0 Å². The molecule has 0 saturated carbocycles. The largest absolute Gasteiger partial charge is 0.498 e. The molecule has 0 aliphatic carbocycles. The topological polar surface area (TPSA) is 71.0 Å². The number of hydrogen-bond donors (Lipinski definition) is 1. The number of nitrogens with zero attached hydrogens (tertiary/aromatic N) is 4. The van der Waals surface area contributed by atoms with Crippen LogP contribution >= 0.6 is 0 Å². The van der Waals surface area contributed by atoms with Crippen molar-refractivity contribution in [2.75, 3.05) is 37.7 Å². The van der Waals surface area contributed by atoms with E-state index in [1.807, 2.05) is 27.7 Å². The van der Waals surface area contributed by atoms with Crippen LogP contribution < -0.4 is 10.4 Å². The first-order valence-electron chi connectivity index (χ1n) is 9.01. The van der Waals surface area contributed by atoms with Crippen LogP contribution in [0.2, 0.25) is 0 Å². The molecule has 2 aliphatic rings. The Morgan fingerprint density at radius 1 is 1.16 bits per heavy atom. The summed E-state index contributed by atoms with van der Waals surface area (Å²) >= 11 is 0. The van der Waals surface area contributed by atoms with E-state index in [4.69, 9.17) is 14.4 Å². The van der Waals surface area contributed by atoms with E-state index >= 15 is 0 Å². The molecule has 1 aromatic heterocycles. The summed E-state index contributed by atoms with van der Waals surface area (Å²) in [5, 5.41) is 9.12. The molecule has 1 N–H and O–H groups in total. The lowest BCUT2D eigenvalue weighted by Gasteiger charge is -2.39. The Labute approximate surface area is 150 Å². The average molecular weight is 348 g/mol. The van der Waals surface area contributed by atoms with Crippen LogP contribution in [-0.2, 0) is 9.31 Å². The van der Waals surface area contributed by atoms with Crippen molar-refractivity contribution < 1.29 is 14.4 Å². The quantitative estimate of drug-likeness (QED) is 0.784. The summed E-state index contributed by atoms with van der Waals surface area (Å²) in [5.74, 6) is 0.732. The highest BCUT2D eigenvalue weighted by molar-refractivity contribution is 6.61. The van der Waals surface area contributed by atoms with Crippen LogP contribution in [-0.4, -0.2) is 77.1 Å². The molecule has 1 aromatic rings. The van der Waals surface area contributed by atoms with Crippen LogP contribution in [0.1, 0.15) is 34.6 Å². The SMILES string of the molecule is CC1CN(c2ncc(B3OC(C)(C)C(C)(C)O3)cn2)CCN1CCO. The second-order valence-corrected chi connectivity index (χ2v) is 7.96. The fraction of sp³-hybridized carbons (Fsp3) is 0.765. The Kier molecular flexibility index (Phi) is 5.08. The fourth-order valence-electron chi connectivity index (χ4n) is 3.23. The Morgan fingerprint density at radius 2 is 1.76 bits per heavy atom. The first-order valence-corrected chi connectivity index (χ1v) is 9.01. The number of β-amino-alcohol motifs (C(OH)–C–C–N with tert-alkyl or cyclic N) is 1. The molecule has 7 nitrogen and oxygen atoms in total. The van der Waals surface area contributed by atoms with Crippen LogP contribution in [0.4, 0.5) is 5.95 Å². The predicted octanol–water partition coefficient (Wildman–Crippen LogP) is 0.279. The summed E-state index contributed by atoms with van der Waals surface area (Å²) in [7, 11) is -0.431. The van der Waals surface area contributed by atoms with Gasteiger partial charge in [-0.2, -0.15) is 0 Å². The number of hydrogen-bond acceptors (Lipinski definition) is 7. The molecule has 2 saturated heterocycles. The molecule has 2 fully saturated rings. The number of piperazine rings is 1. The van der Waals surface area contributed by atoms with Gasteiger partial charge in [0.1, 0.15) is 0 Å². The van der Waals surface area contributed by atoms with Crippen LogP contribution in [0.3, 0.4) is 0 Å². The monoisotopic (exact) mass is 348 g/mol. The molecule has 0 amide bonds. The van der Waals surface area contributed by atoms with Gasteiger partial charge in [-0.15, -0.1) is 0 Å². The second-order valence-electron chi connectivity index (χ2n) is 7.96. The smallest absolute Gasteiger partial charge is 0.399 e. The van der Waals surface area contributed by atoms with E-state index in [1.165, 1.54) is 0 Å². The molecular formula is C17H29BN4O3. The third kappa shape index (κ3) is 3.67. The van der Waals surface area contributed by atoms with E-state index in [0.29, 0.717) is 6.04 Å². The van der Waals surface area contributed by atoms with E-state index in [-0.39, 0.29) is 17.8 Å². The van der Waals surface area contributed by atoms with Crippen molar-refractivity contribution in [3.05, 3.63) is 12.4 Å². The lowest BCUT2D eigenvalue weighted by atomic mass is 9.81. The fourth-order valence-corrected chi connectivity index (χ4v) is 3.23. The first-order chi connectivity index (χ1) is 11.7. The summed E-state index contributed by atoms with van der Waals surface area (Å²) in [6.07, 6.45) is 3.60. The highest BCUT2D eigenvalue weighted by atomic mass is 16.7. The summed E-state index contributed by atoms with van der Waals surface area (Å²) in [5.41, 5.74) is 0.109. The lowest BCUT2D eigenvalue weighted by Crippen LogP contribution is -2.53. The predicted molar refractivity (Wildman–Crippen MR) is 98.1 cm³/mol. The maximum absolute atomic E-state index is 9.12. The zero-order valence-corrected chi connectivity index (χ0v) is 15.9. The second kappa shape index (κ2) is 6.83. The molecule has 0 aromatic carbocycles. The van der Waals surface area contributed by atoms with Crippen molar-refractivity contribution in [3.8, 4) is 0 Å². The maximum Gasteiger partial charge on any atom is 0.498 e. The average Bonchev–Trinajstić information content (AvgIpc) is 2.78. The van der Waals surface area contributed by atoms with Crippen molar-refractivity contribution in [1.82, 2.24) is 14.9 Å². The van der Waals surface area contributed by atoms with Crippen molar-refractivity contribution >= 4 is 18.5 Å². The van der Waals surface area contributed by atoms with E-state index < -0.39 is 7.12 Å². The highest BCUT2D eigenvalue weighted by Crippen LogP contribution is 2.36. The molecule has 3 heterocycles.